The summed E-state index contributed by atoms with van der Waals surface area (Å²) in [6.45, 7) is 12.7. The van der Waals surface area contributed by atoms with E-state index in [1.807, 2.05) is 13.8 Å². The number of carbonyl (C=O) groups excluding carboxylic acids is 3. The maximum absolute atomic E-state index is 13.9. The normalized spacial score (nSPS) is 30.0. The van der Waals surface area contributed by atoms with E-state index in [0.717, 1.165) is 6.42 Å². The van der Waals surface area contributed by atoms with Gasteiger partial charge < -0.3 is 24.5 Å². The molecule has 3 amide bonds. The maximum Gasteiger partial charge on any atom is 0.248 e. The van der Waals surface area contributed by atoms with Crippen molar-refractivity contribution in [2.45, 2.75) is 69.7 Å². The minimum Gasteiger partial charge on any atom is -0.396 e. The van der Waals surface area contributed by atoms with Gasteiger partial charge in [-0.15, -0.1) is 13.2 Å². The highest BCUT2D eigenvalue weighted by Crippen LogP contribution is 2.59. The smallest absolute Gasteiger partial charge is 0.248 e. The van der Waals surface area contributed by atoms with Gasteiger partial charge in [0.2, 0.25) is 17.7 Å². The average molecular weight is 462 g/mol. The van der Waals surface area contributed by atoms with Gasteiger partial charge in [-0.05, 0) is 46.0 Å². The lowest BCUT2D eigenvalue weighted by atomic mass is 9.70. The van der Waals surface area contributed by atoms with Crippen LogP contribution in [0.1, 0.15) is 46.0 Å². The second-order valence-corrected chi connectivity index (χ2v) is 9.75. The first-order chi connectivity index (χ1) is 15.7. The van der Waals surface area contributed by atoms with E-state index in [1.165, 1.54) is 0 Å². The molecule has 3 aliphatic heterocycles. The van der Waals surface area contributed by atoms with Crippen molar-refractivity contribution in [3.05, 3.63) is 25.3 Å². The molecule has 1 spiro atoms. The van der Waals surface area contributed by atoms with Gasteiger partial charge in [-0.1, -0.05) is 12.2 Å². The fourth-order valence-corrected chi connectivity index (χ4v) is 5.91. The maximum atomic E-state index is 13.9. The standard InChI is InChI=1S/C25H39N3O5/c1-6-13-26(5)22(30)19-18-11-12-25(33-18)20(19)23(31)28(15-9-8-10-16-29)21(25)24(32)27(14-7-2)17(3)4/h6-7,17-21,29H,1-2,8-16H2,3-5H3/t18-,19+,20+,21?,25?/m1/s1. The number of aliphatic hydroxyl groups is 1. The van der Waals surface area contributed by atoms with Crippen molar-refractivity contribution < 1.29 is 24.2 Å². The fourth-order valence-electron chi connectivity index (χ4n) is 5.91. The number of fused-ring (bicyclic) bond motifs is 1. The number of hydrogen-bond donors (Lipinski definition) is 1. The van der Waals surface area contributed by atoms with Gasteiger partial charge >= 0.3 is 0 Å². The van der Waals surface area contributed by atoms with Crippen LogP contribution >= 0.6 is 0 Å². The Morgan fingerprint density at radius 2 is 1.91 bits per heavy atom. The zero-order valence-electron chi connectivity index (χ0n) is 20.2. The summed E-state index contributed by atoms with van der Waals surface area (Å²) in [6.07, 6.45) is 6.34. The van der Waals surface area contributed by atoms with Crippen molar-refractivity contribution in [1.82, 2.24) is 14.7 Å². The van der Waals surface area contributed by atoms with Crippen molar-refractivity contribution >= 4 is 17.7 Å². The molecule has 3 saturated heterocycles. The number of aliphatic hydroxyl groups excluding tert-OH is 1. The van der Waals surface area contributed by atoms with E-state index in [2.05, 4.69) is 13.2 Å². The molecule has 0 aromatic carbocycles. The van der Waals surface area contributed by atoms with Crippen LogP contribution in [0.2, 0.25) is 0 Å². The van der Waals surface area contributed by atoms with E-state index in [-0.39, 0.29) is 36.5 Å². The Bertz CT molecular complexity index is 784. The van der Waals surface area contributed by atoms with Crippen LogP contribution in [-0.4, -0.2) is 94.6 Å². The molecule has 0 saturated carbocycles. The van der Waals surface area contributed by atoms with Crippen LogP contribution < -0.4 is 0 Å². The largest absolute Gasteiger partial charge is 0.396 e. The Morgan fingerprint density at radius 1 is 1.21 bits per heavy atom. The molecule has 2 bridgehead atoms. The molecule has 0 aromatic heterocycles. The molecule has 184 valence electrons. The number of likely N-dealkylation sites (N-methyl/N-ethyl adjacent to an activating group) is 1. The first-order valence-corrected chi connectivity index (χ1v) is 12.1. The van der Waals surface area contributed by atoms with Gasteiger partial charge in [0.15, 0.2) is 0 Å². The number of nitrogens with zero attached hydrogens (tertiary/aromatic N) is 3. The van der Waals surface area contributed by atoms with Crippen molar-refractivity contribution in [3.63, 3.8) is 0 Å². The fraction of sp³-hybridized carbons (Fsp3) is 0.720. The van der Waals surface area contributed by atoms with E-state index >= 15 is 0 Å². The quantitative estimate of drug-likeness (QED) is 0.352. The molecule has 8 nitrogen and oxygen atoms in total. The minimum absolute atomic E-state index is 0.0629. The number of rotatable bonds is 12. The molecule has 3 rings (SSSR count). The van der Waals surface area contributed by atoms with Crippen molar-refractivity contribution in [2.75, 3.05) is 33.3 Å². The molecule has 8 heteroatoms. The number of hydrogen-bond acceptors (Lipinski definition) is 5. The van der Waals surface area contributed by atoms with Crippen LogP contribution in [0.5, 0.6) is 0 Å². The summed E-state index contributed by atoms with van der Waals surface area (Å²) in [5.74, 6) is -1.66. The third-order valence-corrected chi connectivity index (χ3v) is 7.39. The predicted octanol–water partition coefficient (Wildman–Crippen LogP) is 1.59. The highest BCUT2D eigenvalue weighted by molar-refractivity contribution is 5.99. The monoisotopic (exact) mass is 461 g/mol. The third-order valence-electron chi connectivity index (χ3n) is 7.39. The van der Waals surface area contributed by atoms with Gasteiger partial charge in [0.1, 0.15) is 11.6 Å². The molecule has 3 heterocycles. The summed E-state index contributed by atoms with van der Waals surface area (Å²) in [6, 6.07) is -0.814. The molecule has 1 N–H and O–H groups in total. The number of ether oxygens (including phenoxy) is 1. The van der Waals surface area contributed by atoms with Crippen molar-refractivity contribution in [1.29, 1.82) is 0 Å². The molecule has 2 unspecified atom stereocenters. The van der Waals surface area contributed by atoms with E-state index in [0.29, 0.717) is 45.3 Å². The SMILES string of the molecule is C=CCN(C)C(=O)[C@@H]1[C@H]2C(=O)N(CCCCCO)C(C(=O)N(CC=C)C(C)C)C23CC[C@H]1O3. The second-order valence-electron chi connectivity index (χ2n) is 9.75. The lowest BCUT2D eigenvalue weighted by Crippen LogP contribution is -2.57. The summed E-state index contributed by atoms with van der Waals surface area (Å²) in [7, 11) is 1.71. The predicted molar refractivity (Wildman–Crippen MR) is 125 cm³/mol. The minimum atomic E-state index is -0.973. The topological polar surface area (TPSA) is 90.4 Å². The summed E-state index contributed by atoms with van der Waals surface area (Å²) in [5.41, 5.74) is -0.973. The molecule has 3 fully saturated rings. The lowest BCUT2D eigenvalue weighted by molar-refractivity contribution is -0.149. The Labute approximate surface area is 197 Å². The lowest BCUT2D eigenvalue weighted by Gasteiger charge is -2.38. The second kappa shape index (κ2) is 10.4. The van der Waals surface area contributed by atoms with Crippen LogP contribution in [-0.2, 0) is 19.1 Å². The first-order valence-electron chi connectivity index (χ1n) is 12.1. The Hall–Kier alpha value is -2.19. The summed E-state index contributed by atoms with van der Waals surface area (Å²) in [5, 5.41) is 9.13. The molecule has 0 radical (unpaired) electrons. The highest BCUT2D eigenvalue weighted by Gasteiger charge is 2.74. The molecule has 0 aromatic rings. The van der Waals surface area contributed by atoms with Crippen LogP contribution in [0.3, 0.4) is 0 Å². The summed E-state index contributed by atoms with van der Waals surface area (Å²) < 4.78 is 6.47. The van der Waals surface area contributed by atoms with Crippen LogP contribution in [0, 0.1) is 11.8 Å². The van der Waals surface area contributed by atoms with Gasteiger partial charge in [-0.2, -0.15) is 0 Å². The molecular weight excluding hydrogens is 422 g/mol. The van der Waals surface area contributed by atoms with Crippen molar-refractivity contribution in [3.8, 4) is 0 Å². The third kappa shape index (κ3) is 4.35. The first kappa shape index (κ1) is 25.4. The number of unbranched alkanes of at least 4 members (excludes halogenated alkanes) is 2. The van der Waals surface area contributed by atoms with Crippen LogP contribution in [0.15, 0.2) is 25.3 Å². The molecule has 3 aliphatic rings. The number of carbonyl (C=O) groups is 3. The number of likely N-dealkylation sites (tertiary alicyclic amines) is 1. The highest BCUT2D eigenvalue weighted by atomic mass is 16.5. The Balaban J connectivity index is 1.98. The Morgan fingerprint density at radius 3 is 2.52 bits per heavy atom. The van der Waals surface area contributed by atoms with E-state index in [9.17, 15) is 14.4 Å². The zero-order valence-corrected chi connectivity index (χ0v) is 20.2. The Kier molecular flexibility index (Phi) is 8.00. The molecule has 0 aliphatic carbocycles. The van der Waals surface area contributed by atoms with Gasteiger partial charge in [0, 0.05) is 39.3 Å². The van der Waals surface area contributed by atoms with Crippen LogP contribution in [0.4, 0.5) is 0 Å². The van der Waals surface area contributed by atoms with Gasteiger partial charge in [-0.25, -0.2) is 0 Å². The average Bonchev–Trinajstić information content (AvgIpc) is 3.41. The summed E-state index contributed by atoms with van der Waals surface area (Å²) in [4.78, 5) is 46.0. The zero-order chi connectivity index (χ0) is 24.3. The molecule has 33 heavy (non-hydrogen) atoms. The van der Waals surface area contributed by atoms with Gasteiger partial charge in [0.05, 0.1) is 17.9 Å². The molecule has 5 atom stereocenters. The molecular formula is C25H39N3O5. The number of amides is 3. The summed E-state index contributed by atoms with van der Waals surface area (Å²) >= 11 is 0. The van der Waals surface area contributed by atoms with E-state index < -0.39 is 23.5 Å². The van der Waals surface area contributed by atoms with Crippen molar-refractivity contribution in [2.24, 2.45) is 11.8 Å². The van der Waals surface area contributed by atoms with Gasteiger partial charge in [0.25, 0.3) is 0 Å². The van der Waals surface area contributed by atoms with E-state index in [1.54, 1.807) is 33.9 Å². The van der Waals surface area contributed by atoms with Crippen LogP contribution in [0.25, 0.3) is 0 Å². The van der Waals surface area contributed by atoms with Gasteiger partial charge in [-0.3, -0.25) is 14.4 Å². The van der Waals surface area contributed by atoms with E-state index in [4.69, 9.17) is 9.84 Å².